The fraction of sp³-hybridized carbons (Fsp3) is 0.286. The van der Waals surface area contributed by atoms with Gasteiger partial charge in [0.05, 0.1) is 12.1 Å². The van der Waals surface area contributed by atoms with Crippen molar-refractivity contribution in [2.24, 2.45) is 0 Å². The zero-order valence-corrected chi connectivity index (χ0v) is 11.9. The minimum atomic E-state index is -0.481. The maximum atomic E-state index is 13.6. The predicted molar refractivity (Wildman–Crippen MR) is 72.9 cm³/mol. The molecule has 0 aliphatic carbocycles. The van der Waals surface area contributed by atoms with Crippen LogP contribution in [0.1, 0.15) is 22.6 Å². The van der Waals surface area contributed by atoms with Crippen LogP contribution in [-0.4, -0.2) is 11.1 Å². The van der Waals surface area contributed by atoms with Crippen molar-refractivity contribution in [3.8, 4) is 0 Å². The van der Waals surface area contributed by atoms with Gasteiger partial charge in [-0.3, -0.25) is 4.79 Å². The molecule has 1 heterocycles. The summed E-state index contributed by atoms with van der Waals surface area (Å²) in [4.78, 5) is 11.8. The number of aryl methyl sites for hydroxylation is 2. The number of carbonyl (C=O) groups is 1. The van der Waals surface area contributed by atoms with Gasteiger partial charge in [-0.2, -0.15) is 0 Å². The van der Waals surface area contributed by atoms with Crippen molar-refractivity contribution in [3.63, 3.8) is 0 Å². The third-order valence-corrected chi connectivity index (χ3v) is 3.40. The zero-order chi connectivity index (χ0) is 14.7. The van der Waals surface area contributed by atoms with E-state index in [1.54, 1.807) is 19.9 Å². The number of hydrogen-bond donors (Lipinski definition) is 1. The summed E-state index contributed by atoms with van der Waals surface area (Å²) in [5.74, 6) is -0.131. The zero-order valence-electron chi connectivity index (χ0n) is 11.2. The van der Waals surface area contributed by atoms with E-state index in [-0.39, 0.29) is 22.9 Å². The highest BCUT2D eigenvalue weighted by Gasteiger charge is 2.14. The minimum absolute atomic E-state index is 0.102. The third-order valence-electron chi connectivity index (χ3n) is 3.04. The molecule has 0 unspecified atom stereocenters. The average molecular weight is 297 g/mol. The van der Waals surface area contributed by atoms with Crippen molar-refractivity contribution in [2.45, 2.75) is 26.8 Å². The molecule has 2 aromatic rings. The lowest BCUT2D eigenvalue weighted by molar-refractivity contribution is -0.120. The van der Waals surface area contributed by atoms with Crippen LogP contribution in [0.25, 0.3) is 0 Å². The van der Waals surface area contributed by atoms with Crippen LogP contribution in [0.2, 0.25) is 5.02 Å². The van der Waals surface area contributed by atoms with Gasteiger partial charge in [0.15, 0.2) is 0 Å². The molecule has 6 heteroatoms. The monoisotopic (exact) mass is 296 g/mol. The second kappa shape index (κ2) is 6.05. The molecule has 0 aliphatic rings. The first-order chi connectivity index (χ1) is 9.49. The minimum Gasteiger partial charge on any atom is -0.361 e. The SMILES string of the molecule is Cc1noc(C)c1CNC(=O)Cc1c(F)cccc1Cl. The molecule has 2 rings (SSSR count). The maximum Gasteiger partial charge on any atom is 0.224 e. The van der Waals surface area contributed by atoms with E-state index in [0.29, 0.717) is 12.3 Å². The summed E-state index contributed by atoms with van der Waals surface area (Å²) in [5, 5.41) is 6.75. The van der Waals surface area contributed by atoms with Gasteiger partial charge >= 0.3 is 0 Å². The second-order valence-corrected chi connectivity index (χ2v) is 4.86. The summed E-state index contributed by atoms with van der Waals surface area (Å²) in [6.07, 6.45) is -0.102. The van der Waals surface area contributed by atoms with Gasteiger partial charge in [-0.15, -0.1) is 0 Å². The quantitative estimate of drug-likeness (QED) is 0.944. The molecule has 0 radical (unpaired) electrons. The Morgan fingerprint density at radius 1 is 1.40 bits per heavy atom. The summed E-state index contributed by atoms with van der Waals surface area (Å²) in [7, 11) is 0. The molecule has 1 aromatic carbocycles. The van der Waals surface area contributed by atoms with E-state index in [0.717, 1.165) is 11.3 Å². The number of amides is 1. The molecule has 20 heavy (non-hydrogen) atoms. The predicted octanol–water partition coefficient (Wildman–Crippen LogP) is 2.94. The first kappa shape index (κ1) is 14.5. The Hall–Kier alpha value is -1.88. The van der Waals surface area contributed by atoms with E-state index in [9.17, 15) is 9.18 Å². The number of benzene rings is 1. The highest BCUT2D eigenvalue weighted by Crippen LogP contribution is 2.19. The van der Waals surface area contributed by atoms with Crippen molar-refractivity contribution in [1.82, 2.24) is 10.5 Å². The number of hydrogen-bond acceptors (Lipinski definition) is 3. The van der Waals surface area contributed by atoms with E-state index < -0.39 is 5.82 Å². The lowest BCUT2D eigenvalue weighted by atomic mass is 10.1. The molecule has 0 saturated heterocycles. The molecular formula is C14H14ClFN2O2. The summed E-state index contributed by atoms with van der Waals surface area (Å²) in [6.45, 7) is 3.87. The van der Waals surface area contributed by atoms with Crippen LogP contribution >= 0.6 is 11.6 Å². The van der Waals surface area contributed by atoms with Crippen molar-refractivity contribution in [3.05, 3.63) is 51.6 Å². The van der Waals surface area contributed by atoms with E-state index in [2.05, 4.69) is 10.5 Å². The lowest BCUT2D eigenvalue weighted by Crippen LogP contribution is -2.25. The molecule has 0 atom stereocenters. The fourth-order valence-corrected chi connectivity index (χ4v) is 2.10. The molecule has 1 aromatic heterocycles. The summed E-state index contributed by atoms with van der Waals surface area (Å²) in [6, 6.07) is 4.34. The molecule has 4 nitrogen and oxygen atoms in total. The molecule has 1 amide bonds. The van der Waals surface area contributed by atoms with Gasteiger partial charge in [0, 0.05) is 22.7 Å². The normalized spacial score (nSPS) is 10.6. The van der Waals surface area contributed by atoms with Crippen LogP contribution in [0.5, 0.6) is 0 Å². The van der Waals surface area contributed by atoms with Gasteiger partial charge in [0.1, 0.15) is 11.6 Å². The van der Waals surface area contributed by atoms with Crippen molar-refractivity contribution >= 4 is 17.5 Å². The molecule has 0 aliphatic heterocycles. The number of halogens is 2. The standard InChI is InChI=1S/C14H14ClFN2O2/c1-8-11(9(2)20-18-8)7-17-14(19)6-10-12(15)4-3-5-13(10)16/h3-5H,6-7H2,1-2H3,(H,17,19). The highest BCUT2D eigenvalue weighted by atomic mass is 35.5. The van der Waals surface area contributed by atoms with Crippen LogP contribution in [0.3, 0.4) is 0 Å². The number of nitrogens with one attached hydrogen (secondary N) is 1. The van der Waals surface area contributed by atoms with Crippen molar-refractivity contribution in [2.75, 3.05) is 0 Å². The van der Waals surface area contributed by atoms with E-state index >= 15 is 0 Å². The molecular weight excluding hydrogens is 283 g/mol. The van der Waals surface area contributed by atoms with Crippen molar-refractivity contribution < 1.29 is 13.7 Å². The molecule has 0 spiro atoms. The third kappa shape index (κ3) is 3.17. The largest absolute Gasteiger partial charge is 0.361 e. The Kier molecular flexibility index (Phi) is 4.39. The molecule has 106 valence electrons. The Morgan fingerprint density at radius 3 is 2.75 bits per heavy atom. The molecule has 0 saturated carbocycles. The summed E-state index contributed by atoms with van der Waals surface area (Å²) in [5.41, 5.74) is 1.76. The van der Waals surface area contributed by atoms with Gasteiger partial charge in [-0.25, -0.2) is 4.39 Å². The van der Waals surface area contributed by atoms with Crippen LogP contribution in [-0.2, 0) is 17.8 Å². The molecule has 1 N–H and O–H groups in total. The Bertz CT molecular complexity index is 600. The van der Waals surface area contributed by atoms with E-state index in [1.807, 2.05) is 0 Å². The number of nitrogens with zero attached hydrogens (tertiary/aromatic N) is 1. The Morgan fingerprint density at radius 2 is 2.15 bits per heavy atom. The number of carbonyl (C=O) groups excluding carboxylic acids is 1. The van der Waals surface area contributed by atoms with Crippen LogP contribution in [0.4, 0.5) is 4.39 Å². The average Bonchev–Trinajstić information content (AvgIpc) is 2.71. The topological polar surface area (TPSA) is 55.1 Å². The highest BCUT2D eigenvalue weighted by molar-refractivity contribution is 6.31. The summed E-state index contributed by atoms with van der Waals surface area (Å²) < 4.78 is 18.6. The van der Waals surface area contributed by atoms with Gasteiger partial charge in [0.25, 0.3) is 0 Å². The lowest BCUT2D eigenvalue weighted by Gasteiger charge is -2.07. The van der Waals surface area contributed by atoms with Gasteiger partial charge in [0.2, 0.25) is 5.91 Å². The van der Waals surface area contributed by atoms with E-state index in [4.69, 9.17) is 16.1 Å². The molecule has 0 bridgehead atoms. The van der Waals surface area contributed by atoms with Crippen LogP contribution in [0.15, 0.2) is 22.7 Å². The van der Waals surface area contributed by atoms with Gasteiger partial charge < -0.3 is 9.84 Å². The number of rotatable bonds is 4. The number of aromatic nitrogens is 1. The second-order valence-electron chi connectivity index (χ2n) is 4.46. The van der Waals surface area contributed by atoms with Crippen LogP contribution in [0, 0.1) is 19.7 Å². The van der Waals surface area contributed by atoms with Gasteiger partial charge in [-0.05, 0) is 26.0 Å². The van der Waals surface area contributed by atoms with Crippen LogP contribution < -0.4 is 5.32 Å². The first-order valence-corrected chi connectivity index (χ1v) is 6.48. The Balaban J connectivity index is 2.00. The van der Waals surface area contributed by atoms with E-state index in [1.165, 1.54) is 12.1 Å². The fourth-order valence-electron chi connectivity index (χ4n) is 1.87. The smallest absolute Gasteiger partial charge is 0.224 e. The Labute approximate surface area is 120 Å². The maximum absolute atomic E-state index is 13.6. The molecule has 0 fully saturated rings. The first-order valence-electron chi connectivity index (χ1n) is 6.10. The van der Waals surface area contributed by atoms with Gasteiger partial charge in [-0.1, -0.05) is 22.8 Å². The van der Waals surface area contributed by atoms with Crippen molar-refractivity contribution in [1.29, 1.82) is 0 Å². The summed E-state index contributed by atoms with van der Waals surface area (Å²) >= 11 is 5.88.